The smallest absolute Gasteiger partial charge is 0.0596 e. The van der Waals surface area contributed by atoms with Crippen LogP contribution >= 0.6 is 0 Å². The van der Waals surface area contributed by atoms with E-state index in [2.05, 4.69) is 50.3 Å². The lowest BCUT2D eigenvalue weighted by Gasteiger charge is -2.19. The second-order valence-corrected chi connectivity index (χ2v) is 6.09. The summed E-state index contributed by atoms with van der Waals surface area (Å²) in [7, 11) is 2.01. The summed E-state index contributed by atoms with van der Waals surface area (Å²) in [4.78, 5) is 0. The molecule has 0 aliphatic heterocycles. The van der Waals surface area contributed by atoms with Crippen molar-refractivity contribution in [1.82, 2.24) is 15.1 Å². The van der Waals surface area contributed by atoms with Crippen LogP contribution in [0.1, 0.15) is 45.5 Å². The van der Waals surface area contributed by atoms with Gasteiger partial charge < -0.3 is 5.32 Å². The van der Waals surface area contributed by atoms with E-state index in [0.29, 0.717) is 0 Å². The Balaban J connectivity index is 2.41. The molecular formula is C15H27N3. The number of nitrogens with one attached hydrogen (secondary N) is 1. The summed E-state index contributed by atoms with van der Waals surface area (Å²) in [5, 5.41) is 7.86. The van der Waals surface area contributed by atoms with Crippen LogP contribution in [0.25, 0.3) is 0 Å². The number of aromatic nitrogens is 2. The summed E-state index contributed by atoms with van der Waals surface area (Å²) < 4.78 is 1.97. The van der Waals surface area contributed by atoms with Gasteiger partial charge in [-0.1, -0.05) is 11.6 Å². The molecule has 0 aromatic carbocycles. The zero-order valence-electron chi connectivity index (χ0n) is 12.7. The highest BCUT2D eigenvalue weighted by Gasteiger charge is 2.07. The van der Waals surface area contributed by atoms with Crippen LogP contribution in [0.3, 0.4) is 0 Å². The fourth-order valence-electron chi connectivity index (χ4n) is 1.95. The third kappa shape index (κ3) is 5.50. The highest BCUT2D eigenvalue weighted by molar-refractivity contribution is 5.16. The first kappa shape index (κ1) is 15.0. The van der Waals surface area contributed by atoms with E-state index in [0.717, 1.165) is 25.1 Å². The van der Waals surface area contributed by atoms with E-state index in [1.165, 1.54) is 11.3 Å². The molecule has 0 fully saturated rings. The number of aryl methyl sites for hydroxylation is 2. The third-order valence-corrected chi connectivity index (χ3v) is 2.85. The normalized spacial score (nSPS) is 13.1. The van der Waals surface area contributed by atoms with Crippen molar-refractivity contribution in [1.29, 1.82) is 0 Å². The topological polar surface area (TPSA) is 29.9 Å². The molecule has 0 bridgehead atoms. The standard InChI is InChI=1S/C15H27N3/c1-12(8-7-9-16-15(3,4)5)10-14-11-13(2)17-18(14)6/h8,11,16H,7,9-10H2,1-6H3. The lowest BCUT2D eigenvalue weighted by Crippen LogP contribution is -2.36. The zero-order valence-corrected chi connectivity index (χ0v) is 12.7. The predicted molar refractivity (Wildman–Crippen MR) is 77.8 cm³/mol. The lowest BCUT2D eigenvalue weighted by atomic mass is 10.1. The van der Waals surface area contributed by atoms with Gasteiger partial charge in [-0.05, 0) is 53.7 Å². The van der Waals surface area contributed by atoms with Crippen molar-refractivity contribution >= 4 is 0 Å². The molecule has 0 atom stereocenters. The SMILES string of the molecule is CC(=CCCNC(C)(C)C)Cc1cc(C)nn1C. The minimum absolute atomic E-state index is 0.209. The Morgan fingerprint density at radius 3 is 2.61 bits per heavy atom. The Morgan fingerprint density at radius 1 is 1.44 bits per heavy atom. The molecule has 0 radical (unpaired) electrons. The summed E-state index contributed by atoms with van der Waals surface area (Å²) in [6.45, 7) is 11.9. The molecule has 1 N–H and O–H groups in total. The van der Waals surface area contributed by atoms with Gasteiger partial charge in [0.25, 0.3) is 0 Å². The average Bonchev–Trinajstić information content (AvgIpc) is 2.51. The van der Waals surface area contributed by atoms with Crippen molar-refractivity contribution in [3.05, 3.63) is 29.1 Å². The fourth-order valence-corrected chi connectivity index (χ4v) is 1.95. The lowest BCUT2D eigenvalue weighted by molar-refractivity contribution is 0.431. The molecule has 1 heterocycles. The number of rotatable bonds is 5. The molecule has 18 heavy (non-hydrogen) atoms. The van der Waals surface area contributed by atoms with E-state index in [-0.39, 0.29) is 5.54 Å². The summed E-state index contributed by atoms with van der Waals surface area (Å²) >= 11 is 0. The maximum absolute atomic E-state index is 4.37. The van der Waals surface area contributed by atoms with Gasteiger partial charge in [0.15, 0.2) is 0 Å². The number of hydrogen-bond acceptors (Lipinski definition) is 2. The molecule has 0 saturated carbocycles. The Kier molecular flexibility index (Phi) is 5.15. The van der Waals surface area contributed by atoms with E-state index in [9.17, 15) is 0 Å². The molecule has 0 amide bonds. The molecule has 3 nitrogen and oxygen atoms in total. The van der Waals surface area contributed by atoms with Crippen molar-refractivity contribution in [3.8, 4) is 0 Å². The highest BCUT2D eigenvalue weighted by Crippen LogP contribution is 2.09. The molecule has 0 aliphatic carbocycles. The monoisotopic (exact) mass is 249 g/mol. The van der Waals surface area contributed by atoms with E-state index in [1.54, 1.807) is 0 Å². The molecule has 102 valence electrons. The molecule has 0 saturated heterocycles. The average molecular weight is 249 g/mol. The van der Waals surface area contributed by atoms with Crippen LogP contribution in [0.2, 0.25) is 0 Å². The zero-order chi connectivity index (χ0) is 13.8. The largest absolute Gasteiger partial charge is 0.312 e. The number of nitrogens with zero attached hydrogens (tertiary/aromatic N) is 2. The minimum atomic E-state index is 0.209. The van der Waals surface area contributed by atoms with Gasteiger partial charge in [-0.3, -0.25) is 4.68 Å². The van der Waals surface area contributed by atoms with Gasteiger partial charge in [0, 0.05) is 24.7 Å². The van der Waals surface area contributed by atoms with Crippen molar-refractivity contribution in [3.63, 3.8) is 0 Å². The molecule has 3 heteroatoms. The first-order chi connectivity index (χ1) is 8.28. The van der Waals surface area contributed by atoms with Crippen LogP contribution in [0.4, 0.5) is 0 Å². The van der Waals surface area contributed by atoms with Crippen molar-refractivity contribution < 1.29 is 0 Å². The van der Waals surface area contributed by atoms with Crippen molar-refractivity contribution in [2.24, 2.45) is 7.05 Å². The Hall–Kier alpha value is -1.09. The van der Waals surface area contributed by atoms with Gasteiger partial charge in [0.1, 0.15) is 0 Å². The van der Waals surface area contributed by atoms with Crippen LogP contribution in [0.5, 0.6) is 0 Å². The van der Waals surface area contributed by atoms with Gasteiger partial charge in [-0.15, -0.1) is 0 Å². The maximum Gasteiger partial charge on any atom is 0.0596 e. The molecule has 1 aromatic heterocycles. The van der Waals surface area contributed by atoms with Crippen LogP contribution in [0, 0.1) is 6.92 Å². The maximum atomic E-state index is 4.37. The number of allylic oxidation sites excluding steroid dienone is 1. The Bertz CT molecular complexity index is 408. The van der Waals surface area contributed by atoms with Crippen molar-refractivity contribution in [2.75, 3.05) is 6.54 Å². The van der Waals surface area contributed by atoms with Crippen LogP contribution in [0.15, 0.2) is 17.7 Å². The first-order valence-corrected chi connectivity index (χ1v) is 6.68. The Morgan fingerprint density at radius 2 is 2.11 bits per heavy atom. The predicted octanol–water partition coefficient (Wildman–Crippen LogP) is 3.00. The first-order valence-electron chi connectivity index (χ1n) is 6.68. The highest BCUT2D eigenvalue weighted by atomic mass is 15.3. The van der Waals surface area contributed by atoms with Crippen LogP contribution in [-0.4, -0.2) is 21.9 Å². The van der Waals surface area contributed by atoms with Crippen molar-refractivity contribution in [2.45, 2.75) is 53.0 Å². The molecule has 1 aromatic rings. The minimum Gasteiger partial charge on any atom is -0.312 e. The summed E-state index contributed by atoms with van der Waals surface area (Å²) in [5.74, 6) is 0. The van der Waals surface area contributed by atoms with Gasteiger partial charge in [-0.2, -0.15) is 5.10 Å². The van der Waals surface area contributed by atoms with Gasteiger partial charge in [-0.25, -0.2) is 0 Å². The number of hydrogen-bond donors (Lipinski definition) is 1. The van der Waals surface area contributed by atoms with E-state index in [1.807, 2.05) is 18.7 Å². The molecule has 0 unspecified atom stereocenters. The second kappa shape index (κ2) is 6.19. The fraction of sp³-hybridized carbons (Fsp3) is 0.667. The van der Waals surface area contributed by atoms with Crippen LogP contribution < -0.4 is 5.32 Å². The van der Waals surface area contributed by atoms with E-state index >= 15 is 0 Å². The quantitative estimate of drug-likeness (QED) is 0.642. The van der Waals surface area contributed by atoms with Crippen LogP contribution in [-0.2, 0) is 13.5 Å². The molecule has 0 aliphatic rings. The molecule has 1 rings (SSSR count). The molecule has 0 spiro atoms. The van der Waals surface area contributed by atoms with Gasteiger partial charge in [0.2, 0.25) is 0 Å². The molecular weight excluding hydrogens is 222 g/mol. The van der Waals surface area contributed by atoms with E-state index in [4.69, 9.17) is 0 Å². The summed E-state index contributed by atoms with van der Waals surface area (Å²) in [6.07, 6.45) is 4.40. The summed E-state index contributed by atoms with van der Waals surface area (Å²) in [5.41, 5.74) is 3.99. The van der Waals surface area contributed by atoms with Gasteiger partial charge >= 0.3 is 0 Å². The third-order valence-electron chi connectivity index (χ3n) is 2.85. The van der Waals surface area contributed by atoms with Gasteiger partial charge in [0.05, 0.1) is 5.69 Å². The Labute approximate surface area is 111 Å². The second-order valence-electron chi connectivity index (χ2n) is 6.09. The van der Waals surface area contributed by atoms with E-state index < -0.39 is 0 Å². The summed E-state index contributed by atoms with van der Waals surface area (Å²) in [6, 6.07) is 2.16.